The molecule has 3 aromatic rings. The first-order valence-corrected chi connectivity index (χ1v) is 7.00. The Labute approximate surface area is 120 Å². The molecule has 0 aliphatic carbocycles. The molecule has 0 amide bonds. The summed E-state index contributed by atoms with van der Waals surface area (Å²) in [4.78, 5) is 0. The number of nitrogens with one attached hydrogen (secondary N) is 1. The van der Waals surface area contributed by atoms with Crippen LogP contribution < -0.4 is 5.32 Å². The number of benzene rings is 3. The molecular weight excluding hydrogens is 242 g/mol. The Morgan fingerprint density at radius 3 is 2.25 bits per heavy atom. The average Bonchev–Trinajstić information content (AvgIpc) is 2.48. The Morgan fingerprint density at radius 1 is 0.750 bits per heavy atom. The van der Waals surface area contributed by atoms with E-state index in [-0.39, 0.29) is 6.04 Å². The van der Waals surface area contributed by atoms with E-state index in [9.17, 15) is 0 Å². The fourth-order valence-corrected chi connectivity index (χ4v) is 2.76. The van der Waals surface area contributed by atoms with Crippen LogP contribution in [0.3, 0.4) is 0 Å². The van der Waals surface area contributed by atoms with Crippen LogP contribution in [0.1, 0.15) is 22.7 Å². The van der Waals surface area contributed by atoms with Gasteiger partial charge in [0.25, 0.3) is 0 Å². The molecule has 0 saturated heterocycles. The van der Waals surface area contributed by atoms with Gasteiger partial charge in [0.1, 0.15) is 0 Å². The van der Waals surface area contributed by atoms with Crippen molar-refractivity contribution in [3.63, 3.8) is 0 Å². The number of rotatable bonds is 3. The van der Waals surface area contributed by atoms with Crippen molar-refractivity contribution in [3.8, 4) is 0 Å². The molecule has 1 unspecified atom stereocenters. The van der Waals surface area contributed by atoms with Gasteiger partial charge in [0.2, 0.25) is 0 Å². The van der Waals surface area contributed by atoms with Crippen molar-refractivity contribution in [1.29, 1.82) is 0 Å². The van der Waals surface area contributed by atoms with Crippen LogP contribution in [-0.2, 0) is 0 Å². The van der Waals surface area contributed by atoms with E-state index in [1.807, 2.05) is 7.05 Å². The lowest BCUT2D eigenvalue weighted by atomic mass is 9.95. The molecule has 3 rings (SSSR count). The summed E-state index contributed by atoms with van der Waals surface area (Å²) in [6, 6.07) is 24.1. The molecule has 0 aliphatic rings. The normalized spacial score (nSPS) is 12.5. The summed E-state index contributed by atoms with van der Waals surface area (Å²) in [5.41, 5.74) is 3.91. The number of hydrogen-bond acceptors (Lipinski definition) is 1. The quantitative estimate of drug-likeness (QED) is 0.734. The molecule has 1 nitrogen and oxygen atoms in total. The lowest BCUT2D eigenvalue weighted by molar-refractivity contribution is 0.692. The second-order valence-corrected chi connectivity index (χ2v) is 5.24. The Morgan fingerprint density at radius 2 is 1.50 bits per heavy atom. The monoisotopic (exact) mass is 261 g/mol. The lowest BCUT2D eigenvalue weighted by Crippen LogP contribution is -2.17. The minimum Gasteiger partial charge on any atom is -0.309 e. The van der Waals surface area contributed by atoms with Gasteiger partial charge in [-0.2, -0.15) is 0 Å². The van der Waals surface area contributed by atoms with E-state index in [1.165, 1.54) is 27.5 Å². The third-order valence-electron chi connectivity index (χ3n) is 3.77. The number of fused-ring (bicyclic) bond motifs is 1. The highest BCUT2D eigenvalue weighted by Gasteiger charge is 2.12. The maximum absolute atomic E-state index is 3.43. The standard InChI is InChI=1S/C19H19N/c1-14-6-5-9-17(12-14)19(20-2)18-11-10-15-7-3-4-8-16(15)13-18/h3-13,19-20H,1-2H3. The molecule has 0 bridgehead atoms. The zero-order chi connectivity index (χ0) is 13.9. The van der Waals surface area contributed by atoms with Crippen LogP contribution in [0.25, 0.3) is 10.8 Å². The molecule has 0 aromatic heterocycles. The van der Waals surface area contributed by atoms with E-state index in [2.05, 4.69) is 79.0 Å². The van der Waals surface area contributed by atoms with Crippen molar-refractivity contribution in [1.82, 2.24) is 5.32 Å². The van der Waals surface area contributed by atoms with Gasteiger partial charge in [0.05, 0.1) is 6.04 Å². The van der Waals surface area contributed by atoms with Crippen LogP contribution in [0.2, 0.25) is 0 Å². The molecule has 0 aliphatic heterocycles. The van der Waals surface area contributed by atoms with Crippen molar-refractivity contribution < 1.29 is 0 Å². The molecule has 0 saturated carbocycles. The van der Waals surface area contributed by atoms with E-state index in [4.69, 9.17) is 0 Å². The Hall–Kier alpha value is -2.12. The van der Waals surface area contributed by atoms with Crippen molar-refractivity contribution in [3.05, 3.63) is 83.4 Å². The highest BCUT2D eigenvalue weighted by atomic mass is 14.9. The maximum atomic E-state index is 3.43. The summed E-state index contributed by atoms with van der Waals surface area (Å²) in [6.45, 7) is 2.14. The van der Waals surface area contributed by atoms with Gasteiger partial charge >= 0.3 is 0 Å². The number of hydrogen-bond donors (Lipinski definition) is 1. The van der Waals surface area contributed by atoms with Crippen LogP contribution in [0, 0.1) is 6.92 Å². The first-order valence-electron chi connectivity index (χ1n) is 7.00. The van der Waals surface area contributed by atoms with Gasteiger partial charge in [-0.1, -0.05) is 66.2 Å². The second kappa shape index (κ2) is 5.48. The van der Waals surface area contributed by atoms with Gasteiger partial charge in [0, 0.05) is 0 Å². The van der Waals surface area contributed by atoms with Crippen molar-refractivity contribution >= 4 is 10.8 Å². The number of aryl methyl sites for hydroxylation is 1. The predicted molar refractivity (Wildman–Crippen MR) is 86.0 cm³/mol. The molecule has 3 aromatic carbocycles. The first-order chi connectivity index (χ1) is 9.78. The SMILES string of the molecule is CNC(c1cccc(C)c1)c1ccc2ccccc2c1. The molecule has 1 heteroatoms. The van der Waals surface area contributed by atoms with Crippen molar-refractivity contribution in [2.45, 2.75) is 13.0 Å². The van der Waals surface area contributed by atoms with Crippen LogP contribution in [0.5, 0.6) is 0 Å². The van der Waals surface area contributed by atoms with Gasteiger partial charge in [-0.05, 0) is 41.9 Å². The lowest BCUT2D eigenvalue weighted by Gasteiger charge is -2.18. The minimum atomic E-state index is 0.236. The Balaban J connectivity index is 2.07. The summed E-state index contributed by atoms with van der Waals surface area (Å²) in [5.74, 6) is 0. The molecule has 20 heavy (non-hydrogen) atoms. The third kappa shape index (κ3) is 2.45. The highest BCUT2D eigenvalue weighted by Crippen LogP contribution is 2.25. The van der Waals surface area contributed by atoms with E-state index < -0.39 is 0 Å². The molecule has 1 N–H and O–H groups in total. The topological polar surface area (TPSA) is 12.0 Å². The molecule has 0 radical (unpaired) electrons. The summed E-state index contributed by atoms with van der Waals surface area (Å²) in [6.07, 6.45) is 0. The molecule has 0 fully saturated rings. The van der Waals surface area contributed by atoms with Gasteiger partial charge in [0.15, 0.2) is 0 Å². The first kappa shape index (κ1) is 12.9. The third-order valence-corrected chi connectivity index (χ3v) is 3.77. The molecule has 0 spiro atoms. The largest absolute Gasteiger partial charge is 0.309 e. The van der Waals surface area contributed by atoms with E-state index in [1.54, 1.807) is 0 Å². The fourth-order valence-electron chi connectivity index (χ4n) is 2.76. The summed E-state index contributed by atoms with van der Waals surface area (Å²) in [7, 11) is 2.02. The van der Waals surface area contributed by atoms with Gasteiger partial charge < -0.3 is 5.32 Å². The Bertz CT molecular complexity index is 730. The van der Waals surface area contributed by atoms with Gasteiger partial charge in [-0.25, -0.2) is 0 Å². The highest BCUT2D eigenvalue weighted by molar-refractivity contribution is 5.83. The maximum Gasteiger partial charge on any atom is 0.0574 e. The van der Waals surface area contributed by atoms with E-state index in [0.29, 0.717) is 0 Å². The zero-order valence-electron chi connectivity index (χ0n) is 11.9. The van der Waals surface area contributed by atoms with Crippen LogP contribution in [-0.4, -0.2) is 7.05 Å². The van der Waals surface area contributed by atoms with Crippen LogP contribution in [0.4, 0.5) is 0 Å². The molecular formula is C19H19N. The van der Waals surface area contributed by atoms with Crippen LogP contribution >= 0.6 is 0 Å². The summed E-state index contributed by atoms with van der Waals surface area (Å²) in [5, 5.41) is 6.00. The zero-order valence-corrected chi connectivity index (χ0v) is 11.9. The van der Waals surface area contributed by atoms with E-state index >= 15 is 0 Å². The smallest absolute Gasteiger partial charge is 0.0574 e. The average molecular weight is 261 g/mol. The summed E-state index contributed by atoms with van der Waals surface area (Å²) < 4.78 is 0. The fraction of sp³-hybridized carbons (Fsp3) is 0.158. The van der Waals surface area contributed by atoms with Crippen LogP contribution in [0.15, 0.2) is 66.7 Å². The van der Waals surface area contributed by atoms with Gasteiger partial charge in [-0.3, -0.25) is 0 Å². The molecule has 100 valence electrons. The predicted octanol–water partition coefficient (Wildman–Crippen LogP) is 4.46. The van der Waals surface area contributed by atoms with Gasteiger partial charge in [-0.15, -0.1) is 0 Å². The summed E-state index contributed by atoms with van der Waals surface area (Å²) >= 11 is 0. The van der Waals surface area contributed by atoms with Crippen molar-refractivity contribution in [2.24, 2.45) is 0 Å². The molecule has 0 heterocycles. The Kier molecular flexibility index (Phi) is 3.53. The van der Waals surface area contributed by atoms with Crippen molar-refractivity contribution in [2.75, 3.05) is 7.05 Å². The molecule has 1 atom stereocenters. The minimum absolute atomic E-state index is 0.236. The van der Waals surface area contributed by atoms with E-state index in [0.717, 1.165) is 0 Å². The second-order valence-electron chi connectivity index (χ2n) is 5.24.